The summed E-state index contributed by atoms with van der Waals surface area (Å²) in [5.74, 6) is 0.00624. The molecule has 0 bridgehead atoms. The van der Waals surface area contributed by atoms with Gasteiger partial charge in [-0.3, -0.25) is 20.2 Å². The Morgan fingerprint density at radius 2 is 2.24 bits per heavy atom. The number of hydrogen-bond acceptors (Lipinski definition) is 8. The summed E-state index contributed by atoms with van der Waals surface area (Å²) >= 11 is 1.34. The van der Waals surface area contributed by atoms with E-state index in [1.807, 2.05) is 0 Å². The standard InChI is InChI=1S/C15H17N5O4S/c1-24-7-6-16-11-5-4-10(8-12(11)20(22)23)13(21)17-15-19-18-14(25-15)9-2-3-9/h4-5,8-9,16H,2-3,6-7H2,1H3,(H,17,19,21). The molecule has 2 aromatic rings. The number of anilines is 2. The molecule has 0 atom stereocenters. The number of nitro benzene ring substituents is 1. The third-order valence-electron chi connectivity index (χ3n) is 3.67. The van der Waals surface area contributed by atoms with Gasteiger partial charge in [0.2, 0.25) is 5.13 Å². The molecule has 1 aliphatic rings. The van der Waals surface area contributed by atoms with Crippen LogP contribution in [0.15, 0.2) is 18.2 Å². The Balaban J connectivity index is 1.72. The van der Waals surface area contributed by atoms with Crippen LogP contribution in [0, 0.1) is 10.1 Å². The van der Waals surface area contributed by atoms with Crippen molar-refractivity contribution in [2.75, 3.05) is 30.9 Å². The predicted molar refractivity (Wildman–Crippen MR) is 93.3 cm³/mol. The number of amides is 1. The Bertz CT molecular complexity index is 790. The molecule has 9 nitrogen and oxygen atoms in total. The largest absolute Gasteiger partial charge is 0.383 e. The molecule has 10 heteroatoms. The van der Waals surface area contributed by atoms with Gasteiger partial charge in [-0.05, 0) is 25.0 Å². The van der Waals surface area contributed by atoms with Crippen LogP contribution in [0.1, 0.15) is 34.1 Å². The van der Waals surface area contributed by atoms with Gasteiger partial charge in [0.05, 0.1) is 11.5 Å². The predicted octanol–water partition coefficient (Wildman–Crippen LogP) is 2.63. The highest BCUT2D eigenvalue weighted by atomic mass is 32.1. The number of benzene rings is 1. The van der Waals surface area contributed by atoms with E-state index in [-0.39, 0.29) is 11.3 Å². The first-order valence-corrected chi connectivity index (χ1v) is 8.56. The average Bonchev–Trinajstić information content (AvgIpc) is 3.35. The zero-order chi connectivity index (χ0) is 17.8. The molecular formula is C15H17N5O4S. The van der Waals surface area contributed by atoms with Crippen molar-refractivity contribution in [3.63, 3.8) is 0 Å². The van der Waals surface area contributed by atoms with Gasteiger partial charge in [-0.25, -0.2) is 0 Å². The van der Waals surface area contributed by atoms with Crippen LogP contribution in [0.3, 0.4) is 0 Å². The Morgan fingerprint density at radius 3 is 2.92 bits per heavy atom. The van der Waals surface area contributed by atoms with E-state index < -0.39 is 10.8 Å². The third-order valence-corrected chi connectivity index (χ3v) is 4.67. The van der Waals surface area contributed by atoms with Crippen LogP contribution in [0.4, 0.5) is 16.5 Å². The molecule has 1 amide bonds. The van der Waals surface area contributed by atoms with Gasteiger partial charge in [-0.1, -0.05) is 11.3 Å². The first kappa shape index (κ1) is 17.2. The summed E-state index contributed by atoms with van der Waals surface area (Å²) in [6.07, 6.45) is 2.21. The van der Waals surface area contributed by atoms with Gasteiger partial charge in [-0.2, -0.15) is 0 Å². The number of methoxy groups -OCH3 is 1. The second kappa shape index (κ2) is 7.53. The van der Waals surface area contributed by atoms with Gasteiger partial charge in [0.15, 0.2) is 0 Å². The maximum atomic E-state index is 12.3. The van der Waals surface area contributed by atoms with Crippen molar-refractivity contribution in [2.24, 2.45) is 0 Å². The van der Waals surface area contributed by atoms with Gasteiger partial charge < -0.3 is 10.1 Å². The minimum absolute atomic E-state index is 0.167. The molecule has 1 aliphatic carbocycles. The second-order valence-electron chi connectivity index (χ2n) is 5.58. The van der Waals surface area contributed by atoms with E-state index in [1.54, 1.807) is 7.11 Å². The molecule has 0 radical (unpaired) electrons. The smallest absolute Gasteiger partial charge is 0.293 e. The lowest BCUT2D eigenvalue weighted by Crippen LogP contribution is -2.13. The van der Waals surface area contributed by atoms with Crippen molar-refractivity contribution < 1.29 is 14.5 Å². The fourth-order valence-corrected chi connectivity index (χ4v) is 3.12. The molecule has 0 spiro atoms. The molecule has 132 valence electrons. The lowest BCUT2D eigenvalue weighted by atomic mass is 10.1. The Kier molecular flexibility index (Phi) is 5.19. The average molecular weight is 363 g/mol. The summed E-state index contributed by atoms with van der Waals surface area (Å²) in [6, 6.07) is 4.28. The summed E-state index contributed by atoms with van der Waals surface area (Å²) in [6.45, 7) is 0.845. The fraction of sp³-hybridized carbons (Fsp3) is 0.400. The number of ether oxygens (including phenoxy) is 1. The SMILES string of the molecule is COCCNc1ccc(C(=O)Nc2nnc(C3CC3)s2)cc1[N+](=O)[O-]. The van der Waals surface area contributed by atoms with Gasteiger partial charge in [0, 0.05) is 31.2 Å². The lowest BCUT2D eigenvalue weighted by molar-refractivity contribution is -0.384. The van der Waals surface area contributed by atoms with Crippen LogP contribution in [0.5, 0.6) is 0 Å². The number of nitrogens with one attached hydrogen (secondary N) is 2. The van der Waals surface area contributed by atoms with E-state index in [1.165, 1.54) is 29.5 Å². The molecule has 1 aromatic heterocycles. The molecule has 0 unspecified atom stereocenters. The Morgan fingerprint density at radius 1 is 1.44 bits per heavy atom. The third kappa shape index (κ3) is 4.28. The fourth-order valence-electron chi connectivity index (χ4n) is 2.21. The van der Waals surface area contributed by atoms with Gasteiger partial charge >= 0.3 is 0 Å². The van der Waals surface area contributed by atoms with Crippen molar-refractivity contribution >= 4 is 33.8 Å². The van der Waals surface area contributed by atoms with Crippen LogP contribution < -0.4 is 10.6 Å². The second-order valence-corrected chi connectivity index (χ2v) is 6.59. The Hall–Kier alpha value is -2.59. The maximum Gasteiger partial charge on any atom is 0.293 e. The van der Waals surface area contributed by atoms with Crippen LogP contribution in [0.25, 0.3) is 0 Å². The topological polar surface area (TPSA) is 119 Å². The zero-order valence-corrected chi connectivity index (χ0v) is 14.3. The van der Waals surface area contributed by atoms with E-state index in [2.05, 4.69) is 20.8 Å². The number of nitro groups is 1. The lowest BCUT2D eigenvalue weighted by Gasteiger charge is -2.08. The number of hydrogen-bond donors (Lipinski definition) is 2. The number of aromatic nitrogens is 2. The van der Waals surface area contributed by atoms with E-state index >= 15 is 0 Å². The van der Waals surface area contributed by atoms with Crippen molar-refractivity contribution in [1.29, 1.82) is 0 Å². The van der Waals surface area contributed by atoms with E-state index in [0.717, 1.165) is 17.8 Å². The molecule has 25 heavy (non-hydrogen) atoms. The van der Waals surface area contributed by atoms with Crippen molar-refractivity contribution in [3.05, 3.63) is 38.9 Å². The highest BCUT2D eigenvalue weighted by Crippen LogP contribution is 2.42. The summed E-state index contributed by atoms with van der Waals surface area (Å²) < 4.78 is 4.91. The van der Waals surface area contributed by atoms with Crippen LogP contribution in [0.2, 0.25) is 0 Å². The first-order chi connectivity index (χ1) is 12.1. The maximum absolute atomic E-state index is 12.3. The van der Waals surface area contributed by atoms with E-state index in [4.69, 9.17) is 4.74 Å². The van der Waals surface area contributed by atoms with Gasteiger partial charge in [0.25, 0.3) is 11.6 Å². The number of carbonyl (C=O) groups excluding carboxylic acids is 1. The molecule has 1 aromatic carbocycles. The van der Waals surface area contributed by atoms with E-state index in [9.17, 15) is 14.9 Å². The quantitative estimate of drug-likeness (QED) is 0.420. The monoisotopic (exact) mass is 363 g/mol. The normalized spacial score (nSPS) is 13.5. The Labute approximate surface area is 147 Å². The highest BCUT2D eigenvalue weighted by Gasteiger charge is 2.28. The molecule has 3 rings (SSSR count). The first-order valence-electron chi connectivity index (χ1n) is 7.74. The minimum atomic E-state index is -0.526. The molecule has 1 fully saturated rings. The van der Waals surface area contributed by atoms with Gasteiger partial charge in [0.1, 0.15) is 10.7 Å². The molecule has 0 saturated heterocycles. The molecule has 1 saturated carbocycles. The zero-order valence-electron chi connectivity index (χ0n) is 13.5. The molecule has 2 N–H and O–H groups in total. The molecule has 0 aliphatic heterocycles. The number of nitrogens with zero attached hydrogens (tertiary/aromatic N) is 3. The van der Waals surface area contributed by atoms with Crippen molar-refractivity contribution in [3.8, 4) is 0 Å². The number of rotatable bonds is 8. The summed E-state index contributed by atoms with van der Waals surface area (Å²) in [4.78, 5) is 23.0. The van der Waals surface area contributed by atoms with Gasteiger partial charge in [-0.15, -0.1) is 10.2 Å². The van der Waals surface area contributed by atoms with E-state index in [0.29, 0.717) is 29.9 Å². The van der Waals surface area contributed by atoms with Crippen molar-refractivity contribution in [2.45, 2.75) is 18.8 Å². The summed E-state index contributed by atoms with van der Waals surface area (Å²) in [5.41, 5.74) is 0.359. The van der Waals surface area contributed by atoms with Crippen molar-refractivity contribution in [1.82, 2.24) is 10.2 Å². The summed E-state index contributed by atoms with van der Waals surface area (Å²) in [5, 5.41) is 26.1. The highest BCUT2D eigenvalue weighted by molar-refractivity contribution is 7.15. The van der Waals surface area contributed by atoms with Crippen LogP contribution >= 0.6 is 11.3 Å². The van der Waals surface area contributed by atoms with Crippen LogP contribution in [-0.4, -0.2) is 41.3 Å². The molecule has 1 heterocycles. The minimum Gasteiger partial charge on any atom is -0.383 e. The summed E-state index contributed by atoms with van der Waals surface area (Å²) in [7, 11) is 1.55. The van der Waals surface area contributed by atoms with Crippen LogP contribution in [-0.2, 0) is 4.74 Å². The molecular weight excluding hydrogens is 346 g/mol. The number of carbonyl (C=O) groups is 1.